The van der Waals surface area contributed by atoms with Crippen molar-refractivity contribution in [3.8, 4) is 0 Å². The molecule has 1 aromatic heterocycles. The molecule has 1 saturated heterocycles. The normalized spacial score (nSPS) is 27.9. The Morgan fingerprint density at radius 3 is 2.70 bits per heavy atom. The second kappa shape index (κ2) is 5.85. The van der Waals surface area contributed by atoms with Crippen molar-refractivity contribution >= 4 is 28.1 Å². The van der Waals surface area contributed by atoms with Gasteiger partial charge in [-0.15, -0.1) is 0 Å². The van der Waals surface area contributed by atoms with Gasteiger partial charge in [0.2, 0.25) is 0 Å². The van der Waals surface area contributed by atoms with E-state index in [0.717, 1.165) is 29.7 Å². The summed E-state index contributed by atoms with van der Waals surface area (Å²) in [6.07, 6.45) is 8.44. The van der Waals surface area contributed by atoms with Gasteiger partial charge >= 0.3 is 0 Å². The number of halogens is 1. The Labute approximate surface area is 133 Å². The predicted octanol–water partition coefficient (Wildman–Crippen LogP) is 4.97. The van der Waals surface area contributed by atoms with Crippen LogP contribution in [0.3, 0.4) is 0 Å². The first-order chi connectivity index (χ1) is 9.60. The fourth-order valence-corrected chi connectivity index (χ4v) is 4.06. The van der Waals surface area contributed by atoms with E-state index < -0.39 is 0 Å². The van der Waals surface area contributed by atoms with E-state index in [-0.39, 0.29) is 5.60 Å². The van der Waals surface area contributed by atoms with Crippen molar-refractivity contribution in [3.05, 3.63) is 20.6 Å². The highest BCUT2D eigenvalue weighted by molar-refractivity contribution is 9.10. The molecule has 0 radical (unpaired) electrons. The zero-order valence-corrected chi connectivity index (χ0v) is 14.3. The summed E-state index contributed by atoms with van der Waals surface area (Å²) in [4.78, 5) is 8.14. The minimum Gasteiger partial charge on any atom is -0.367 e. The molecule has 5 heteroatoms. The molecule has 3 rings (SSSR count). The zero-order valence-electron chi connectivity index (χ0n) is 11.9. The van der Waals surface area contributed by atoms with Crippen LogP contribution in [0.2, 0.25) is 0 Å². The molecule has 0 spiro atoms. The van der Waals surface area contributed by atoms with Crippen LogP contribution in [0.15, 0.2) is 4.47 Å². The Morgan fingerprint density at radius 1 is 1.30 bits per heavy atom. The van der Waals surface area contributed by atoms with E-state index in [1.807, 2.05) is 0 Å². The number of ether oxygens (including phenoxy) is 1. The molecule has 0 amide bonds. The molecule has 1 atom stereocenters. The molecular formula is C15H21BrN2OS. The number of aromatic amines is 1. The first-order valence-corrected chi connectivity index (χ1v) is 8.74. The summed E-state index contributed by atoms with van der Waals surface area (Å²) in [6.45, 7) is 2.94. The Bertz CT molecular complexity index is 545. The van der Waals surface area contributed by atoms with E-state index in [9.17, 15) is 0 Å². The standard InChI is InChI=1S/C15H21BrN2OS/c1-15(8-4-5-9-19-15)14-17-12(10-6-2-3-7-10)11(16)13(20)18-14/h10H,2-9H2,1H3,(H,17,18,20). The fraction of sp³-hybridized carbons (Fsp3) is 0.733. The van der Waals surface area contributed by atoms with Crippen LogP contribution in [0, 0.1) is 4.64 Å². The SMILES string of the molecule is CC1(c2nc(=S)c(Br)c(C3CCCC3)[nH]2)CCCCO1. The number of rotatable bonds is 2. The van der Waals surface area contributed by atoms with Crippen molar-refractivity contribution in [1.29, 1.82) is 0 Å². The monoisotopic (exact) mass is 356 g/mol. The smallest absolute Gasteiger partial charge is 0.144 e. The second-order valence-corrected chi connectivity index (χ2v) is 7.32. The summed E-state index contributed by atoms with van der Waals surface area (Å²) in [5, 5.41) is 0. The van der Waals surface area contributed by atoms with Gasteiger partial charge in [0.05, 0.1) is 4.47 Å². The maximum absolute atomic E-state index is 6.01. The lowest BCUT2D eigenvalue weighted by atomic mass is 9.94. The molecule has 2 aliphatic rings. The number of hydrogen-bond acceptors (Lipinski definition) is 3. The Balaban J connectivity index is 2.01. The number of H-pyrrole nitrogens is 1. The van der Waals surface area contributed by atoms with Crippen LogP contribution in [0.1, 0.15) is 69.3 Å². The van der Waals surface area contributed by atoms with Crippen LogP contribution in [0.4, 0.5) is 0 Å². The lowest BCUT2D eigenvalue weighted by molar-refractivity contribution is -0.0763. The third-order valence-electron chi connectivity index (χ3n) is 4.62. The molecule has 110 valence electrons. The molecule has 0 bridgehead atoms. The molecule has 3 nitrogen and oxygen atoms in total. The molecule has 2 heterocycles. The van der Waals surface area contributed by atoms with Crippen molar-refractivity contribution in [2.75, 3.05) is 6.61 Å². The third kappa shape index (κ3) is 2.72. The number of nitrogens with one attached hydrogen (secondary N) is 1. The summed E-state index contributed by atoms with van der Waals surface area (Å²) >= 11 is 9.08. The van der Waals surface area contributed by atoms with Crippen LogP contribution >= 0.6 is 28.1 Å². The average Bonchev–Trinajstić information content (AvgIpc) is 2.96. The van der Waals surface area contributed by atoms with Gasteiger partial charge in [-0.05, 0) is 55.0 Å². The summed E-state index contributed by atoms with van der Waals surface area (Å²) in [5.74, 6) is 1.49. The third-order valence-corrected chi connectivity index (χ3v) is 5.98. The minimum absolute atomic E-state index is 0.306. The number of nitrogens with zero attached hydrogens (tertiary/aromatic N) is 1. The van der Waals surface area contributed by atoms with Gasteiger partial charge < -0.3 is 9.72 Å². The molecule has 20 heavy (non-hydrogen) atoms. The van der Waals surface area contributed by atoms with Crippen molar-refractivity contribution in [3.63, 3.8) is 0 Å². The Hall–Kier alpha value is -0.260. The molecule has 1 saturated carbocycles. The first-order valence-electron chi connectivity index (χ1n) is 7.54. The van der Waals surface area contributed by atoms with E-state index in [2.05, 4.69) is 32.8 Å². The number of hydrogen-bond donors (Lipinski definition) is 1. The van der Waals surface area contributed by atoms with E-state index >= 15 is 0 Å². The van der Waals surface area contributed by atoms with Crippen molar-refractivity contribution in [1.82, 2.24) is 9.97 Å². The van der Waals surface area contributed by atoms with Crippen LogP contribution < -0.4 is 0 Å². The molecule has 1 aromatic rings. The molecule has 1 N–H and O–H groups in total. The summed E-state index contributed by atoms with van der Waals surface area (Å²) in [6, 6.07) is 0. The van der Waals surface area contributed by atoms with Gasteiger partial charge in [-0.2, -0.15) is 0 Å². The molecule has 2 fully saturated rings. The number of aromatic nitrogens is 2. The summed E-state index contributed by atoms with van der Waals surface area (Å²) < 4.78 is 7.65. The predicted molar refractivity (Wildman–Crippen MR) is 85.5 cm³/mol. The highest BCUT2D eigenvalue weighted by atomic mass is 79.9. The summed E-state index contributed by atoms with van der Waals surface area (Å²) in [7, 11) is 0. The van der Waals surface area contributed by atoms with Crippen LogP contribution in [-0.4, -0.2) is 16.6 Å². The van der Waals surface area contributed by atoms with Gasteiger partial charge in [0.15, 0.2) is 0 Å². The van der Waals surface area contributed by atoms with E-state index in [1.165, 1.54) is 37.8 Å². The van der Waals surface area contributed by atoms with Crippen LogP contribution in [0.5, 0.6) is 0 Å². The van der Waals surface area contributed by atoms with E-state index in [4.69, 9.17) is 17.0 Å². The van der Waals surface area contributed by atoms with Gasteiger partial charge in [0.25, 0.3) is 0 Å². The van der Waals surface area contributed by atoms with Gasteiger partial charge in [-0.1, -0.05) is 25.1 Å². The second-order valence-electron chi connectivity index (χ2n) is 6.14. The highest BCUT2D eigenvalue weighted by Gasteiger charge is 2.34. The minimum atomic E-state index is -0.306. The molecule has 1 aliphatic heterocycles. The molecule has 1 unspecified atom stereocenters. The Morgan fingerprint density at radius 2 is 2.05 bits per heavy atom. The van der Waals surface area contributed by atoms with Gasteiger partial charge in [-0.3, -0.25) is 0 Å². The fourth-order valence-electron chi connectivity index (χ4n) is 3.34. The molecule has 0 aromatic carbocycles. The lowest BCUT2D eigenvalue weighted by Crippen LogP contribution is -2.33. The topological polar surface area (TPSA) is 37.9 Å². The van der Waals surface area contributed by atoms with Crippen LogP contribution in [-0.2, 0) is 10.3 Å². The molecular weight excluding hydrogens is 336 g/mol. The first kappa shape index (κ1) is 14.7. The van der Waals surface area contributed by atoms with Gasteiger partial charge in [-0.25, -0.2) is 4.98 Å². The summed E-state index contributed by atoms with van der Waals surface area (Å²) in [5.41, 5.74) is 0.924. The largest absolute Gasteiger partial charge is 0.367 e. The maximum Gasteiger partial charge on any atom is 0.144 e. The van der Waals surface area contributed by atoms with Gasteiger partial charge in [0.1, 0.15) is 16.1 Å². The quantitative estimate of drug-likeness (QED) is 0.759. The van der Waals surface area contributed by atoms with Crippen molar-refractivity contribution in [2.45, 2.75) is 63.4 Å². The van der Waals surface area contributed by atoms with Crippen molar-refractivity contribution in [2.24, 2.45) is 0 Å². The van der Waals surface area contributed by atoms with E-state index in [0.29, 0.717) is 10.6 Å². The van der Waals surface area contributed by atoms with Crippen molar-refractivity contribution < 1.29 is 4.74 Å². The molecule has 1 aliphatic carbocycles. The maximum atomic E-state index is 6.01. The lowest BCUT2D eigenvalue weighted by Gasteiger charge is -2.33. The highest BCUT2D eigenvalue weighted by Crippen LogP contribution is 2.39. The Kier molecular flexibility index (Phi) is 4.29. The van der Waals surface area contributed by atoms with E-state index in [1.54, 1.807) is 0 Å². The average molecular weight is 357 g/mol. The van der Waals surface area contributed by atoms with Crippen LogP contribution in [0.25, 0.3) is 0 Å². The zero-order chi connectivity index (χ0) is 14.2. The van der Waals surface area contributed by atoms with Gasteiger partial charge in [0, 0.05) is 18.2 Å².